The van der Waals surface area contributed by atoms with Crippen LogP contribution in [0.2, 0.25) is 0 Å². The maximum Gasteiger partial charge on any atom is 0.419 e. The lowest BCUT2D eigenvalue weighted by atomic mass is 10.0. The number of nitrogens with zero attached hydrogens (tertiary/aromatic N) is 2. The van der Waals surface area contributed by atoms with Crippen LogP contribution in [0.25, 0.3) is 0 Å². The Bertz CT molecular complexity index is 1190. The molecule has 0 saturated carbocycles. The summed E-state index contributed by atoms with van der Waals surface area (Å²) < 4.78 is 63.5. The molecule has 0 spiro atoms. The first-order valence-corrected chi connectivity index (χ1v) is 11.1. The van der Waals surface area contributed by atoms with Gasteiger partial charge >= 0.3 is 18.2 Å². The monoisotopic (exact) mass is 510 g/mol. The van der Waals surface area contributed by atoms with E-state index in [1.54, 1.807) is 46.8 Å². The number of imide groups is 1. The van der Waals surface area contributed by atoms with Crippen molar-refractivity contribution in [2.75, 3.05) is 18.1 Å². The number of ether oxygens (including phenoxy) is 2. The van der Waals surface area contributed by atoms with Crippen LogP contribution in [-0.2, 0) is 27.0 Å². The Labute approximate surface area is 205 Å². The number of urea groups is 1. The molecule has 1 saturated heterocycles. The van der Waals surface area contributed by atoms with Gasteiger partial charge in [0.25, 0.3) is 5.91 Å². The van der Waals surface area contributed by atoms with Crippen LogP contribution in [0.3, 0.4) is 0 Å². The topological polar surface area (TPSA) is 76.2 Å². The summed E-state index contributed by atoms with van der Waals surface area (Å²) in [6, 6.07) is 4.69. The third-order valence-corrected chi connectivity index (χ3v) is 5.61. The summed E-state index contributed by atoms with van der Waals surface area (Å²) in [5, 5.41) is 0. The standard InChI is InChI=1S/C25H26F4N2O5/c1-6-35-22(33)24(4,5)36-21-14(2)9-16(10-15(21)3)12-31-20(32)13-30(23(31)34)17-7-8-18(19(26)11-17)25(27,28)29/h7-11H,6,12-13H2,1-5H3. The summed E-state index contributed by atoms with van der Waals surface area (Å²) in [6.45, 7) is 8.01. The fourth-order valence-corrected chi connectivity index (χ4v) is 3.88. The number of anilines is 1. The van der Waals surface area contributed by atoms with E-state index in [2.05, 4.69) is 0 Å². The molecule has 2 aromatic rings. The zero-order valence-electron chi connectivity index (χ0n) is 20.5. The van der Waals surface area contributed by atoms with E-state index >= 15 is 0 Å². The summed E-state index contributed by atoms with van der Waals surface area (Å²) in [5.74, 6) is -2.19. The zero-order chi connectivity index (χ0) is 27.0. The molecule has 0 radical (unpaired) electrons. The van der Waals surface area contributed by atoms with Gasteiger partial charge in [0, 0.05) is 5.69 Å². The molecule has 1 aliphatic heterocycles. The van der Waals surface area contributed by atoms with Crippen LogP contribution in [0.15, 0.2) is 30.3 Å². The number of alkyl halides is 3. The Hall–Kier alpha value is -3.63. The van der Waals surface area contributed by atoms with Gasteiger partial charge in [0.05, 0.1) is 18.7 Å². The second kappa shape index (κ2) is 9.79. The Balaban J connectivity index is 1.80. The molecule has 1 aliphatic rings. The highest BCUT2D eigenvalue weighted by atomic mass is 19.4. The number of esters is 1. The van der Waals surface area contributed by atoms with Gasteiger partial charge in [0.2, 0.25) is 0 Å². The molecular formula is C25H26F4N2O5. The molecule has 0 aromatic heterocycles. The van der Waals surface area contributed by atoms with Crippen LogP contribution in [0.1, 0.15) is 43.0 Å². The third kappa shape index (κ3) is 5.44. The Morgan fingerprint density at radius 3 is 2.19 bits per heavy atom. The molecular weight excluding hydrogens is 484 g/mol. The minimum absolute atomic E-state index is 0.111. The van der Waals surface area contributed by atoms with Crippen molar-refractivity contribution in [1.82, 2.24) is 4.90 Å². The number of hydrogen-bond donors (Lipinski definition) is 0. The Morgan fingerprint density at radius 2 is 1.67 bits per heavy atom. The normalized spacial score (nSPS) is 14.5. The third-order valence-electron chi connectivity index (χ3n) is 5.61. The molecule has 0 aliphatic carbocycles. The molecule has 3 rings (SSSR count). The van der Waals surface area contributed by atoms with Crippen LogP contribution in [0, 0.1) is 19.7 Å². The molecule has 36 heavy (non-hydrogen) atoms. The number of carbonyl (C=O) groups excluding carboxylic acids is 3. The Morgan fingerprint density at radius 1 is 1.06 bits per heavy atom. The molecule has 11 heteroatoms. The first-order chi connectivity index (χ1) is 16.7. The van der Waals surface area contributed by atoms with Crippen LogP contribution in [0.5, 0.6) is 5.75 Å². The number of carbonyl (C=O) groups is 3. The van der Waals surface area contributed by atoms with Gasteiger partial charge in [-0.2, -0.15) is 13.2 Å². The summed E-state index contributed by atoms with van der Waals surface area (Å²) in [6.07, 6.45) is -4.88. The van der Waals surface area contributed by atoms with E-state index in [1.807, 2.05) is 0 Å². The van der Waals surface area contributed by atoms with Crippen LogP contribution in [-0.4, -0.2) is 41.6 Å². The molecule has 3 amide bonds. The second-order valence-corrected chi connectivity index (χ2v) is 8.90. The molecule has 7 nitrogen and oxygen atoms in total. The molecule has 0 bridgehead atoms. The second-order valence-electron chi connectivity index (χ2n) is 8.90. The van der Waals surface area contributed by atoms with Gasteiger partial charge in [-0.05, 0) is 69.5 Å². The number of halogens is 4. The number of rotatable bonds is 7. The van der Waals surface area contributed by atoms with Crippen molar-refractivity contribution in [3.8, 4) is 5.75 Å². The SMILES string of the molecule is CCOC(=O)C(C)(C)Oc1c(C)cc(CN2C(=O)CN(c3ccc(C(F)(F)F)c(F)c3)C2=O)cc1C. The van der Waals surface area contributed by atoms with Gasteiger partial charge in [0.1, 0.15) is 18.1 Å². The number of amides is 3. The van der Waals surface area contributed by atoms with Crippen LogP contribution in [0.4, 0.5) is 28.0 Å². The van der Waals surface area contributed by atoms with Crippen molar-refractivity contribution >= 4 is 23.6 Å². The Kier molecular flexibility index (Phi) is 7.33. The summed E-state index contributed by atoms with van der Waals surface area (Å²) in [5.41, 5.74) is -0.954. The molecule has 0 unspecified atom stereocenters. The van der Waals surface area contributed by atoms with Crippen molar-refractivity contribution in [2.45, 2.75) is 52.9 Å². The van der Waals surface area contributed by atoms with Crippen molar-refractivity contribution in [3.05, 3.63) is 58.4 Å². The van der Waals surface area contributed by atoms with Crippen molar-refractivity contribution in [2.24, 2.45) is 0 Å². The average molecular weight is 510 g/mol. The molecule has 0 atom stereocenters. The number of aryl methyl sites for hydroxylation is 2. The predicted molar refractivity (Wildman–Crippen MR) is 122 cm³/mol. The van der Waals surface area contributed by atoms with Gasteiger partial charge in [-0.3, -0.25) is 14.6 Å². The molecule has 194 valence electrons. The van der Waals surface area contributed by atoms with E-state index in [-0.39, 0.29) is 18.8 Å². The maximum absolute atomic E-state index is 14.0. The van der Waals surface area contributed by atoms with Gasteiger partial charge in [-0.25, -0.2) is 14.0 Å². The first kappa shape index (κ1) is 27.0. The van der Waals surface area contributed by atoms with Gasteiger partial charge < -0.3 is 9.47 Å². The number of hydrogen-bond acceptors (Lipinski definition) is 5. The molecule has 0 N–H and O–H groups in total. The fourth-order valence-electron chi connectivity index (χ4n) is 3.88. The number of benzene rings is 2. The lowest BCUT2D eigenvalue weighted by Crippen LogP contribution is -2.40. The summed E-state index contributed by atoms with van der Waals surface area (Å²) in [7, 11) is 0. The van der Waals surface area contributed by atoms with Gasteiger partial charge in [-0.15, -0.1) is 0 Å². The lowest BCUT2D eigenvalue weighted by Gasteiger charge is -2.26. The molecule has 2 aromatic carbocycles. The van der Waals surface area contributed by atoms with E-state index in [0.29, 0.717) is 34.6 Å². The van der Waals surface area contributed by atoms with Crippen LogP contribution >= 0.6 is 0 Å². The maximum atomic E-state index is 14.0. The largest absolute Gasteiger partial charge is 0.476 e. The highest BCUT2D eigenvalue weighted by Gasteiger charge is 2.39. The highest BCUT2D eigenvalue weighted by Crippen LogP contribution is 2.34. The smallest absolute Gasteiger partial charge is 0.419 e. The van der Waals surface area contributed by atoms with Crippen molar-refractivity contribution in [1.29, 1.82) is 0 Å². The van der Waals surface area contributed by atoms with Crippen LogP contribution < -0.4 is 9.64 Å². The van der Waals surface area contributed by atoms with E-state index in [1.165, 1.54) is 0 Å². The van der Waals surface area contributed by atoms with Gasteiger partial charge in [0.15, 0.2) is 5.60 Å². The molecule has 1 heterocycles. The molecule has 1 fully saturated rings. The quantitative estimate of drug-likeness (QED) is 0.293. The summed E-state index contributed by atoms with van der Waals surface area (Å²) >= 11 is 0. The predicted octanol–water partition coefficient (Wildman–Crippen LogP) is 5.15. The van der Waals surface area contributed by atoms with E-state index < -0.39 is 47.6 Å². The van der Waals surface area contributed by atoms with E-state index in [9.17, 15) is 31.9 Å². The minimum Gasteiger partial charge on any atom is -0.476 e. The van der Waals surface area contributed by atoms with E-state index in [4.69, 9.17) is 9.47 Å². The van der Waals surface area contributed by atoms with E-state index in [0.717, 1.165) is 15.9 Å². The first-order valence-electron chi connectivity index (χ1n) is 11.1. The summed E-state index contributed by atoms with van der Waals surface area (Å²) in [4.78, 5) is 39.5. The zero-order valence-corrected chi connectivity index (χ0v) is 20.5. The lowest BCUT2D eigenvalue weighted by molar-refractivity contribution is -0.158. The van der Waals surface area contributed by atoms with Gasteiger partial charge in [-0.1, -0.05) is 12.1 Å². The minimum atomic E-state index is -4.88. The fraction of sp³-hybridized carbons (Fsp3) is 0.400. The van der Waals surface area contributed by atoms with Crippen molar-refractivity contribution in [3.63, 3.8) is 0 Å². The average Bonchev–Trinajstić information content (AvgIpc) is 3.04. The highest BCUT2D eigenvalue weighted by molar-refractivity contribution is 6.12. The van der Waals surface area contributed by atoms with Crippen molar-refractivity contribution < 1.29 is 41.4 Å².